The number of benzene rings is 3. The van der Waals surface area contributed by atoms with Gasteiger partial charge in [0.15, 0.2) is 0 Å². The molecule has 0 saturated heterocycles. The highest BCUT2D eigenvalue weighted by atomic mass is 16.5. The smallest absolute Gasteiger partial charge is 0.146 e. The molecule has 3 heteroatoms. The van der Waals surface area contributed by atoms with Crippen molar-refractivity contribution >= 4 is 11.4 Å². The molecule has 0 fully saturated rings. The summed E-state index contributed by atoms with van der Waals surface area (Å²) in [4.78, 5) is 0. The monoisotopic (exact) mass is 288 g/mol. The maximum Gasteiger partial charge on any atom is 0.146 e. The van der Waals surface area contributed by atoms with Crippen LogP contribution in [0.15, 0.2) is 89.1 Å². The van der Waals surface area contributed by atoms with Gasteiger partial charge in [-0.3, -0.25) is 0 Å². The van der Waals surface area contributed by atoms with Gasteiger partial charge in [-0.1, -0.05) is 54.6 Å². The minimum absolute atomic E-state index is 0.708. The summed E-state index contributed by atoms with van der Waals surface area (Å²) in [7, 11) is 1.64. The van der Waals surface area contributed by atoms with Crippen molar-refractivity contribution in [2.45, 2.75) is 0 Å². The van der Waals surface area contributed by atoms with Gasteiger partial charge in [0, 0.05) is 0 Å². The zero-order valence-corrected chi connectivity index (χ0v) is 12.3. The lowest BCUT2D eigenvalue weighted by atomic mass is 10.1. The molecule has 0 heterocycles. The minimum atomic E-state index is 0.708. The molecule has 3 rings (SSSR count). The summed E-state index contributed by atoms with van der Waals surface area (Å²) >= 11 is 0. The second kappa shape index (κ2) is 6.68. The summed E-state index contributed by atoms with van der Waals surface area (Å²) in [5, 5.41) is 8.60. The van der Waals surface area contributed by atoms with Crippen LogP contribution in [0.5, 0.6) is 5.75 Å². The average molecular weight is 288 g/mol. The predicted octanol–water partition coefficient (Wildman–Crippen LogP) is 5.78. The molecule has 0 bridgehead atoms. The van der Waals surface area contributed by atoms with E-state index in [1.165, 1.54) is 0 Å². The van der Waals surface area contributed by atoms with E-state index in [2.05, 4.69) is 22.4 Å². The van der Waals surface area contributed by atoms with Crippen LogP contribution < -0.4 is 4.74 Å². The van der Waals surface area contributed by atoms with Crippen molar-refractivity contribution in [2.24, 2.45) is 10.2 Å². The van der Waals surface area contributed by atoms with Crippen molar-refractivity contribution in [3.63, 3.8) is 0 Å². The Bertz CT molecular complexity index is 768. The van der Waals surface area contributed by atoms with Crippen LogP contribution in [0.25, 0.3) is 11.1 Å². The lowest BCUT2D eigenvalue weighted by Gasteiger charge is -2.07. The lowest BCUT2D eigenvalue weighted by Crippen LogP contribution is -1.84. The van der Waals surface area contributed by atoms with E-state index in [0.29, 0.717) is 11.4 Å². The van der Waals surface area contributed by atoms with Crippen LogP contribution in [0.3, 0.4) is 0 Å². The molecule has 0 saturated carbocycles. The van der Waals surface area contributed by atoms with Gasteiger partial charge in [0.1, 0.15) is 11.4 Å². The molecule has 0 aliphatic heterocycles. The molecule has 0 unspecified atom stereocenters. The molecule has 3 nitrogen and oxygen atoms in total. The fourth-order valence-corrected chi connectivity index (χ4v) is 2.18. The van der Waals surface area contributed by atoms with Gasteiger partial charge in [-0.15, -0.1) is 5.11 Å². The van der Waals surface area contributed by atoms with Crippen molar-refractivity contribution in [1.82, 2.24) is 0 Å². The Morgan fingerprint density at radius 1 is 0.682 bits per heavy atom. The van der Waals surface area contributed by atoms with E-state index in [4.69, 9.17) is 4.74 Å². The molecule has 0 aromatic heterocycles. The van der Waals surface area contributed by atoms with Gasteiger partial charge < -0.3 is 4.74 Å². The molecule has 0 N–H and O–H groups in total. The SMILES string of the molecule is COc1ccc(-c2ccccc2)cc1N=Nc1ccccc1. The number of ether oxygens (including phenoxy) is 1. The topological polar surface area (TPSA) is 34.0 Å². The summed E-state index contributed by atoms with van der Waals surface area (Å²) in [6.45, 7) is 0. The van der Waals surface area contributed by atoms with Crippen LogP contribution in [-0.2, 0) is 0 Å². The zero-order chi connectivity index (χ0) is 15.2. The van der Waals surface area contributed by atoms with E-state index in [-0.39, 0.29) is 0 Å². The second-order valence-corrected chi connectivity index (χ2v) is 4.79. The second-order valence-electron chi connectivity index (χ2n) is 4.79. The van der Waals surface area contributed by atoms with Gasteiger partial charge in [0.25, 0.3) is 0 Å². The molecule has 0 spiro atoms. The van der Waals surface area contributed by atoms with Gasteiger partial charge in [0.2, 0.25) is 0 Å². The highest BCUT2D eigenvalue weighted by Gasteiger charge is 2.05. The van der Waals surface area contributed by atoms with E-state index in [9.17, 15) is 0 Å². The van der Waals surface area contributed by atoms with Crippen molar-refractivity contribution < 1.29 is 4.74 Å². The Labute approximate surface area is 129 Å². The number of methoxy groups -OCH3 is 1. The summed E-state index contributed by atoms with van der Waals surface area (Å²) in [5.74, 6) is 0.708. The Morgan fingerprint density at radius 3 is 2.05 bits per heavy atom. The number of rotatable bonds is 4. The standard InChI is InChI=1S/C19H16N2O/c1-22-19-13-12-16(15-8-4-2-5-9-15)14-18(19)21-20-17-10-6-3-7-11-17/h2-14H,1H3. The molecule has 3 aromatic carbocycles. The van der Waals surface area contributed by atoms with E-state index in [1.807, 2.05) is 66.7 Å². The first-order chi connectivity index (χ1) is 10.9. The molecular formula is C19H16N2O. The molecule has 0 aliphatic carbocycles. The highest BCUT2D eigenvalue weighted by Crippen LogP contribution is 2.33. The quantitative estimate of drug-likeness (QED) is 0.560. The maximum absolute atomic E-state index is 5.37. The third-order valence-corrected chi connectivity index (χ3v) is 3.32. The summed E-state index contributed by atoms with van der Waals surface area (Å²) < 4.78 is 5.37. The summed E-state index contributed by atoms with van der Waals surface area (Å²) in [6, 6.07) is 25.8. The molecule has 0 amide bonds. The van der Waals surface area contributed by atoms with Crippen LogP contribution in [0, 0.1) is 0 Å². The summed E-state index contributed by atoms with van der Waals surface area (Å²) in [5.41, 5.74) is 3.76. The molecule has 0 radical (unpaired) electrons. The average Bonchev–Trinajstić information content (AvgIpc) is 2.61. The maximum atomic E-state index is 5.37. The summed E-state index contributed by atoms with van der Waals surface area (Å²) in [6.07, 6.45) is 0. The molecule has 22 heavy (non-hydrogen) atoms. The molecule has 0 aliphatic rings. The third-order valence-electron chi connectivity index (χ3n) is 3.32. The van der Waals surface area contributed by atoms with Gasteiger partial charge in [-0.25, -0.2) is 0 Å². The van der Waals surface area contributed by atoms with Crippen molar-refractivity contribution in [3.05, 3.63) is 78.9 Å². The van der Waals surface area contributed by atoms with Gasteiger partial charge in [0.05, 0.1) is 12.8 Å². The zero-order valence-electron chi connectivity index (χ0n) is 12.3. The van der Waals surface area contributed by atoms with Crippen molar-refractivity contribution in [3.8, 4) is 16.9 Å². The first-order valence-corrected chi connectivity index (χ1v) is 7.07. The first kappa shape index (κ1) is 14.0. The highest BCUT2D eigenvalue weighted by molar-refractivity contribution is 5.70. The molecular weight excluding hydrogens is 272 g/mol. The fraction of sp³-hybridized carbons (Fsp3) is 0.0526. The number of hydrogen-bond donors (Lipinski definition) is 0. The van der Waals surface area contributed by atoms with Crippen LogP contribution in [0.4, 0.5) is 11.4 Å². The Kier molecular flexibility index (Phi) is 4.25. The van der Waals surface area contributed by atoms with Crippen LogP contribution in [-0.4, -0.2) is 7.11 Å². The van der Waals surface area contributed by atoms with Crippen molar-refractivity contribution in [1.29, 1.82) is 0 Å². The van der Waals surface area contributed by atoms with E-state index in [1.54, 1.807) is 7.11 Å². The largest absolute Gasteiger partial charge is 0.494 e. The van der Waals surface area contributed by atoms with E-state index < -0.39 is 0 Å². The van der Waals surface area contributed by atoms with E-state index in [0.717, 1.165) is 16.8 Å². The van der Waals surface area contributed by atoms with Gasteiger partial charge >= 0.3 is 0 Å². The van der Waals surface area contributed by atoms with Crippen LogP contribution >= 0.6 is 0 Å². The Balaban J connectivity index is 1.97. The Morgan fingerprint density at radius 2 is 1.36 bits per heavy atom. The van der Waals surface area contributed by atoms with Crippen LogP contribution in [0.1, 0.15) is 0 Å². The molecule has 108 valence electrons. The Hall–Kier alpha value is -2.94. The van der Waals surface area contributed by atoms with Gasteiger partial charge in [-0.2, -0.15) is 5.11 Å². The van der Waals surface area contributed by atoms with Crippen molar-refractivity contribution in [2.75, 3.05) is 7.11 Å². The predicted molar refractivity (Wildman–Crippen MR) is 89.0 cm³/mol. The lowest BCUT2D eigenvalue weighted by molar-refractivity contribution is 0.416. The number of hydrogen-bond acceptors (Lipinski definition) is 3. The van der Waals surface area contributed by atoms with E-state index >= 15 is 0 Å². The fourth-order valence-electron chi connectivity index (χ4n) is 2.18. The number of nitrogens with zero attached hydrogens (tertiary/aromatic N) is 2. The first-order valence-electron chi connectivity index (χ1n) is 7.07. The van der Waals surface area contributed by atoms with Gasteiger partial charge in [-0.05, 0) is 35.4 Å². The normalized spacial score (nSPS) is 10.8. The minimum Gasteiger partial charge on any atom is -0.494 e. The van der Waals surface area contributed by atoms with Crippen LogP contribution in [0.2, 0.25) is 0 Å². The molecule has 0 atom stereocenters. The third kappa shape index (κ3) is 3.20. The molecule has 3 aromatic rings. The number of azo groups is 1.